The number of aromatic nitrogens is 1. The molecule has 1 heterocycles. The molecule has 18 heavy (non-hydrogen) atoms. The Morgan fingerprint density at radius 3 is 2.61 bits per heavy atom. The second-order valence-electron chi connectivity index (χ2n) is 3.78. The number of aliphatic hydroxyl groups is 2. The van der Waals surface area contributed by atoms with Crippen LogP contribution in [0, 0.1) is 11.3 Å². The van der Waals surface area contributed by atoms with Crippen molar-refractivity contribution in [2.75, 3.05) is 0 Å². The number of benzene rings is 1. The zero-order valence-electron chi connectivity index (χ0n) is 9.16. The predicted octanol–water partition coefficient (Wildman–Crippen LogP) is 0.784. The normalized spacial score (nSPS) is 14.1. The zero-order chi connectivity index (χ0) is 13.3. The Kier molecular flexibility index (Phi) is 3.02. The molecule has 1 aromatic carbocycles. The van der Waals surface area contributed by atoms with Crippen LogP contribution in [0.2, 0.25) is 0 Å². The number of nitrogens with zero attached hydrogens (tertiary/aromatic N) is 1. The molecule has 0 saturated carbocycles. The fourth-order valence-corrected chi connectivity index (χ4v) is 1.87. The highest BCUT2D eigenvalue weighted by molar-refractivity contribution is 5.97. The molecule has 2 atom stereocenters. The molecule has 92 valence electrons. The molecule has 0 bridgehead atoms. The van der Waals surface area contributed by atoms with Crippen molar-refractivity contribution in [1.82, 2.24) is 4.98 Å². The number of aromatic carboxylic acids is 1. The van der Waals surface area contributed by atoms with E-state index in [1.54, 1.807) is 24.3 Å². The predicted molar refractivity (Wildman–Crippen MR) is 61.8 cm³/mol. The van der Waals surface area contributed by atoms with E-state index < -0.39 is 18.2 Å². The lowest BCUT2D eigenvalue weighted by molar-refractivity contribution is 0.0506. The van der Waals surface area contributed by atoms with E-state index in [2.05, 4.69) is 4.98 Å². The Bertz CT molecular complexity index is 641. The number of H-pyrrole nitrogens is 1. The Balaban J connectivity index is 2.70. The highest BCUT2D eigenvalue weighted by atomic mass is 16.4. The summed E-state index contributed by atoms with van der Waals surface area (Å²) in [4.78, 5) is 13.7. The summed E-state index contributed by atoms with van der Waals surface area (Å²) in [6.45, 7) is 0. The first-order valence-electron chi connectivity index (χ1n) is 5.16. The molecule has 1 aromatic heterocycles. The first-order valence-corrected chi connectivity index (χ1v) is 5.16. The molecule has 0 aliphatic heterocycles. The van der Waals surface area contributed by atoms with E-state index in [4.69, 9.17) is 10.4 Å². The molecule has 6 nitrogen and oxygen atoms in total. The van der Waals surface area contributed by atoms with Crippen LogP contribution in [-0.4, -0.2) is 32.4 Å². The van der Waals surface area contributed by atoms with Crippen molar-refractivity contribution in [3.63, 3.8) is 0 Å². The number of fused-ring (bicyclic) bond motifs is 1. The molecule has 0 saturated heterocycles. The van der Waals surface area contributed by atoms with Crippen LogP contribution in [0.15, 0.2) is 24.3 Å². The van der Waals surface area contributed by atoms with E-state index in [-0.39, 0.29) is 11.3 Å². The van der Waals surface area contributed by atoms with Gasteiger partial charge in [-0.2, -0.15) is 5.26 Å². The summed E-state index contributed by atoms with van der Waals surface area (Å²) in [5.74, 6) is -1.26. The first kappa shape index (κ1) is 12.1. The molecule has 0 aliphatic carbocycles. The van der Waals surface area contributed by atoms with Crippen LogP contribution in [0.1, 0.15) is 22.2 Å². The van der Waals surface area contributed by atoms with Crippen molar-refractivity contribution in [2.45, 2.75) is 12.2 Å². The molecule has 2 unspecified atom stereocenters. The minimum atomic E-state index is -1.68. The number of nitrogens with one attached hydrogen (secondary N) is 1. The van der Waals surface area contributed by atoms with Crippen LogP contribution in [0.4, 0.5) is 0 Å². The third-order valence-electron chi connectivity index (χ3n) is 2.69. The van der Waals surface area contributed by atoms with Crippen LogP contribution in [-0.2, 0) is 0 Å². The Morgan fingerprint density at radius 1 is 1.33 bits per heavy atom. The molecular formula is C12H10N2O4. The molecule has 4 N–H and O–H groups in total. The van der Waals surface area contributed by atoms with Crippen molar-refractivity contribution < 1.29 is 20.1 Å². The molecule has 6 heteroatoms. The van der Waals surface area contributed by atoms with Gasteiger partial charge in [0.25, 0.3) is 0 Å². The maximum Gasteiger partial charge on any atom is 0.352 e. The minimum absolute atomic E-state index is 0.0205. The monoisotopic (exact) mass is 246 g/mol. The third-order valence-corrected chi connectivity index (χ3v) is 2.69. The summed E-state index contributed by atoms with van der Waals surface area (Å²) >= 11 is 0. The molecular weight excluding hydrogens is 236 g/mol. The maximum atomic E-state index is 11.1. The van der Waals surface area contributed by atoms with Gasteiger partial charge in [-0.05, 0) is 6.07 Å². The lowest BCUT2D eigenvalue weighted by Crippen LogP contribution is -2.18. The molecule has 0 spiro atoms. The van der Waals surface area contributed by atoms with E-state index in [9.17, 15) is 15.0 Å². The SMILES string of the molecule is N#CC(O)C(O)c1c(C(=O)O)[nH]c2ccccc12. The van der Waals surface area contributed by atoms with Crippen LogP contribution in [0.3, 0.4) is 0 Å². The second-order valence-corrected chi connectivity index (χ2v) is 3.78. The quantitative estimate of drug-likeness (QED) is 0.597. The van der Waals surface area contributed by atoms with Gasteiger partial charge in [-0.25, -0.2) is 4.79 Å². The van der Waals surface area contributed by atoms with Crippen LogP contribution >= 0.6 is 0 Å². The Hall–Kier alpha value is -2.36. The molecule has 0 fully saturated rings. The van der Waals surface area contributed by atoms with E-state index in [0.717, 1.165) is 0 Å². The number of carboxylic acids is 1. The number of carbonyl (C=O) groups is 1. The smallest absolute Gasteiger partial charge is 0.352 e. The van der Waals surface area contributed by atoms with Gasteiger partial charge in [0.15, 0.2) is 6.10 Å². The average molecular weight is 246 g/mol. The highest BCUT2D eigenvalue weighted by Crippen LogP contribution is 2.29. The summed E-state index contributed by atoms with van der Waals surface area (Å²) in [6.07, 6.45) is -3.25. The fraction of sp³-hybridized carbons (Fsp3) is 0.167. The summed E-state index contributed by atoms with van der Waals surface area (Å²) < 4.78 is 0. The van der Waals surface area contributed by atoms with Crippen molar-refractivity contribution >= 4 is 16.9 Å². The summed E-state index contributed by atoms with van der Waals surface area (Å²) in [6, 6.07) is 8.13. The average Bonchev–Trinajstić information content (AvgIpc) is 2.76. The van der Waals surface area contributed by atoms with Crippen molar-refractivity contribution in [2.24, 2.45) is 0 Å². The number of para-hydroxylation sites is 1. The second kappa shape index (κ2) is 4.49. The van der Waals surface area contributed by atoms with Crippen LogP contribution in [0.25, 0.3) is 10.9 Å². The van der Waals surface area contributed by atoms with E-state index in [1.165, 1.54) is 6.07 Å². The Labute approximate surface area is 102 Å². The summed E-state index contributed by atoms with van der Waals surface area (Å²) in [7, 11) is 0. The van der Waals surface area contributed by atoms with Gasteiger partial charge in [-0.1, -0.05) is 18.2 Å². The molecule has 2 rings (SSSR count). The molecule has 2 aromatic rings. The number of carboxylic acid groups (broad SMARTS) is 1. The van der Waals surface area contributed by atoms with E-state index in [1.807, 2.05) is 0 Å². The van der Waals surface area contributed by atoms with Crippen LogP contribution < -0.4 is 0 Å². The number of nitriles is 1. The van der Waals surface area contributed by atoms with E-state index in [0.29, 0.717) is 10.9 Å². The molecule has 0 aliphatic rings. The number of rotatable bonds is 3. The standard InChI is InChI=1S/C12H10N2O4/c13-5-8(15)11(16)9-6-3-1-2-4-7(6)14-10(9)12(17)18/h1-4,8,11,14-16H,(H,17,18). The van der Waals surface area contributed by atoms with Gasteiger partial charge in [0.1, 0.15) is 11.8 Å². The molecule has 0 radical (unpaired) electrons. The van der Waals surface area contributed by atoms with Gasteiger partial charge < -0.3 is 20.3 Å². The lowest BCUT2D eigenvalue weighted by Gasteiger charge is -2.12. The van der Waals surface area contributed by atoms with Gasteiger partial charge in [0, 0.05) is 16.5 Å². The van der Waals surface area contributed by atoms with Crippen molar-refractivity contribution in [3.05, 3.63) is 35.5 Å². The van der Waals surface area contributed by atoms with Gasteiger partial charge >= 0.3 is 5.97 Å². The summed E-state index contributed by atoms with van der Waals surface area (Å²) in [5.41, 5.74) is 0.319. The number of hydrogen-bond acceptors (Lipinski definition) is 4. The minimum Gasteiger partial charge on any atom is -0.477 e. The van der Waals surface area contributed by atoms with Gasteiger partial charge in [-0.3, -0.25) is 0 Å². The largest absolute Gasteiger partial charge is 0.477 e. The van der Waals surface area contributed by atoms with Crippen molar-refractivity contribution in [1.29, 1.82) is 5.26 Å². The highest BCUT2D eigenvalue weighted by Gasteiger charge is 2.27. The number of hydrogen-bond donors (Lipinski definition) is 4. The zero-order valence-corrected chi connectivity index (χ0v) is 9.16. The lowest BCUT2D eigenvalue weighted by atomic mass is 10.0. The Morgan fingerprint density at radius 2 is 2.00 bits per heavy atom. The third kappa shape index (κ3) is 1.82. The van der Waals surface area contributed by atoms with Crippen LogP contribution in [0.5, 0.6) is 0 Å². The maximum absolute atomic E-state index is 11.1. The topological polar surface area (TPSA) is 117 Å². The molecule has 0 amide bonds. The van der Waals surface area contributed by atoms with Crippen molar-refractivity contribution in [3.8, 4) is 6.07 Å². The number of aliphatic hydroxyl groups excluding tert-OH is 2. The van der Waals surface area contributed by atoms with Gasteiger partial charge in [-0.15, -0.1) is 0 Å². The van der Waals surface area contributed by atoms with Gasteiger partial charge in [0.2, 0.25) is 0 Å². The van der Waals surface area contributed by atoms with Gasteiger partial charge in [0.05, 0.1) is 6.07 Å². The fourth-order valence-electron chi connectivity index (χ4n) is 1.87. The first-order chi connectivity index (χ1) is 8.56. The van der Waals surface area contributed by atoms with E-state index >= 15 is 0 Å². The number of aromatic amines is 1. The summed E-state index contributed by atoms with van der Waals surface area (Å²) in [5, 5.41) is 37.3.